The molecule has 0 amide bonds. The second-order valence-corrected chi connectivity index (χ2v) is 14.8. The average molecular weight is 721 g/mol. The molecule has 0 aliphatic carbocycles. The van der Waals surface area contributed by atoms with Crippen LogP contribution >= 0.6 is 0 Å². The summed E-state index contributed by atoms with van der Waals surface area (Å²) in [6.07, 6.45) is 16.8. The SMILES string of the molecule is CCCCN(CCCC)CCCCOc1ccc(C2CC(=O)c3c(OC)cc(OCCCCN(CCCC)CCCC)c(CC=C(C)C)c3O2)cc1. The first-order valence-corrected chi connectivity index (χ1v) is 20.7. The molecule has 0 saturated carbocycles. The predicted molar refractivity (Wildman–Crippen MR) is 217 cm³/mol. The number of unbranched alkanes of at least 4 members (excludes halogenated alkanes) is 6. The van der Waals surface area contributed by atoms with Gasteiger partial charge in [0, 0.05) is 11.6 Å². The molecule has 0 bridgehead atoms. The van der Waals surface area contributed by atoms with Crippen LogP contribution in [0.5, 0.6) is 23.0 Å². The summed E-state index contributed by atoms with van der Waals surface area (Å²) in [4.78, 5) is 19.0. The molecule has 0 fully saturated rings. The Morgan fingerprint density at radius 2 is 1.25 bits per heavy atom. The Balaban J connectivity index is 1.67. The van der Waals surface area contributed by atoms with Crippen molar-refractivity contribution in [3.63, 3.8) is 0 Å². The fraction of sp³-hybridized carbons (Fsp3) is 0.667. The van der Waals surface area contributed by atoms with Gasteiger partial charge in [-0.2, -0.15) is 0 Å². The van der Waals surface area contributed by atoms with E-state index in [9.17, 15) is 4.79 Å². The molecule has 0 spiro atoms. The summed E-state index contributed by atoms with van der Waals surface area (Å²) in [7, 11) is 1.61. The van der Waals surface area contributed by atoms with E-state index in [1.165, 1.54) is 83.1 Å². The van der Waals surface area contributed by atoms with E-state index in [2.05, 4.69) is 57.4 Å². The van der Waals surface area contributed by atoms with Crippen molar-refractivity contribution in [3.05, 3.63) is 58.7 Å². The number of benzene rings is 2. The molecule has 3 rings (SSSR count). The molecule has 1 aliphatic heterocycles. The number of ether oxygens (including phenoxy) is 4. The zero-order valence-electron chi connectivity index (χ0n) is 34.0. The standard InChI is InChI=1S/C45H72N2O5/c1-8-12-26-46(27-13-9-2)30-16-18-32-50-38-23-21-37(22-24-38)41-34-40(48)44-43(49-7)35-42(39(45(44)52-41)25-20-36(5)6)51-33-19-17-31-47(28-14-10-3)29-15-11-4/h20-24,35,41H,8-19,25-34H2,1-7H3. The summed E-state index contributed by atoms with van der Waals surface area (Å²) in [6, 6.07) is 9.97. The van der Waals surface area contributed by atoms with Crippen LogP contribution in [0.4, 0.5) is 0 Å². The molecule has 52 heavy (non-hydrogen) atoms. The first-order valence-electron chi connectivity index (χ1n) is 20.7. The zero-order chi connectivity index (χ0) is 37.6. The van der Waals surface area contributed by atoms with Crippen LogP contribution in [0.15, 0.2) is 42.0 Å². The van der Waals surface area contributed by atoms with Crippen LogP contribution in [0.2, 0.25) is 0 Å². The normalized spacial score (nSPS) is 14.0. The Labute approximate surface area is 317 Å². The number of fused-ring (bicyclic) bond motifs is 1. The number of nitrogens with zero attached hydrogens (tertiary/aromatic N) is 2. The molecular weight excluding hydrogens is 649 g/mol. The molecular formula is C45H72N2O5. The molecule has 2 aromatic rings. The Kier molecular flexibility index (Phi) is 20.9. The van der Waals surface area contributed by atoms with Gasteiger partial charge in [-0.05, 0) is 129 Å². The summed E-state index contributed by atoms with van der Waals surface area (Å²) >= 11 is 0. The largest absolute Gasteiger partial charge is 0.496 e. The van der Waals surface area contributed by atoms with Crippen LogP contribution < -0.4 is 18.9 Å². The first-order chi connectivity index (χ1) is 25.3. The molecule has 0 N–H and O–H groups in total. The lowest BCUT2D eigenvalue weighted by Crippen LogP contribution is -2.27. The molecule has 1 unspecified atom stereocenters. The predicted octanol–water partition coefficient (Wildman–Crippen LogP) is 11.0. The number of hydrogen-bond donors (Lipinski definition) is 0. The third-order valence-electron chi connectivity index (χ3n) is 9.98. The molecule has 2 aromatic carbocycles. The van der Waals surface area contributed by atoms with Crippen molar-refractivity contribution < 1.29 is 23.7 Å². The zero-order valence-corrected chi connectivity index (χ0v) is 34.0. The molecule has 7 heteroatoms. The van der Waals surface area contributed by atoms with Crippen LogP contribution in [-0.2, 0) is 6.42 Å². The fourth-order valence-electron chi connectivity index (χ4n) is 6.70. The van der Waals surface area contributed by atoms with Gasteiger partial charge in [-0.15, -0.1) is 0 Å². The van der Waals surface area contributed by atoms with Gasteiger partial charge in [0.15, 0.2) is 5.78 Å². The lowest BCUT2D eigenvalue weighted by atomic mass is 9.92. The van der Waals surface area contributed by atoms with Crippen molar-refractivity contribution in [3.8, 4) is 23.0 Å². The van der Waals surface area contributed by atoms with Gasteiger partial charge in [0.1, 0.15) is 34.7 Å². The van der Waals surface area contributed by atoms with E-state index in [4.69, 9.17) is 18.9 Å². The monoisotopic (exact) mass is 721 g/mol. The van der Waals surface area contributed by atoms with Crippen molar-refractivity contribution >= 4 is 5.78 Å². The molecule has 1 aliphatic rings. The van der Waals surface area contributed by atoms with Crippen molar-refractivity contribution in [2.75, 3.05) is 59.6 Å². The second-order valence-electron chi connectivity index (χ2n) is 14.8. The summed E-state index contributed by atoms with van der Waals surface area (Å²) in [5.74, 6) is 2.71. The van der Waals surface area contributed by atoms with E-state index >= 15 is 0 Å². The molecule has 0 aromatic heterocycles. The highest BCUT2D eigenvalue weighted by Gasteiger charge is 2.34. The van der Waals surface area contributed by atoms with Crippen molar-refractivity contribution in [1.29, 1.82) is 0 Å². The van der Waals surface area contributed by atoms with Gasteiger partial charge in [-0.3, -0.25) is 4.79 Å². The van der Waals surface area contributed by atoms with E-state index in [-0.39, 0.29) is 12.2 Å². The van der Waals surface area contributed by atoms with Crippen LogP contribution in [0.3, 0.4) is 0 Å². The third kappa shape index (κ3) is 14.8. The van der Waals surface area contributed by atoms with E-state index in [0.717, 1.165) is 61.4 Å². The fourth-order valence-corrected chi connectivity index (χ4v) is 6.70. The number of carbonyl (C=O) groups is 1. The van der Waals surface area contributed by atoms with Gasteiger partial charge in [-0.25, -0.2) is 0 Å². The Morgan fingerprint density at radius 3 is 1.75 bits per heavy atom. The van der Waals surface area contributed by atoms with Crippen LogP contribution in [0.1, 0.15) is 153 Å². The van der Waals surface area contributed by atoms with Gasteiger partial charge in [0.2, 0.25) is 0 Å². The first kappa shape index (κ1) is 43.4. The minimum absolute atomic E-state index is 0.0274. The minimum Gasteiger partial charge on any atom is -0.496 e. The lowest BCUT2D eigenvalue weighted by molar-refractivity contribution is 0.0841. The number of hydrogen-bond acceptors (Lipinski definition) is 7. The number of allylic oxidation sites excluding steroid dienone is 2. The van der Waals surface area contributed by atoms with Crippen molar-refractivity contribution in [1.82, 2.24) is 9.80 Å². The second kappa shape index (κ2) is 25.1. The molecule has 0 radical (unpaired) electrons. The van der Waals surface area contributed by atoms with E-state index < -0.39 is 6.10 Å². The van der Waals surface area contributed by atoms with Crippen molar-refractivity contribution in [2.45, 2.75) is 138 Å². The van der Waals surface area contributed by atoms with Crippen LogP contribution in [0.25, 0.3) is 0 Å². The summed E-state index contributed by atoms with van der Waals surface area (Å²) in [6.45, 7) is 21.5. The van der Waals surface area contributed by atoms with Gasteiger partial charge in [0.05, 0.1) is 26.7 Å². The highest BCUT2D eigenvalue weighted by atomic mass is 16.5. The number of ketones is 1. The average Bonchev–Trinajstić information content (AvgIpc) is 3.15. The smallest absolute Gasteiger partial charge is 0.174 e. The van der Waals surface area contributed by atoms with Crippen LogP contribution in [-0.4, -0.2) is 75.2 Å². The van der Waals surface area contributed by atoms with Crippen molar-refractivity contribution in [2.24, 2.45) is 0 Å². The Morgan fingerprint density at radius 1 is 0.731 bits per heavy atom. The topological polar surface area (TPSA) is 60.5 Å². The van der Waals surface area contributed by atoms with Gasteiger partial charge in [-0.1, -0.05) is 77.2 Å². The maximum absolute atomic E-state index is 13.7. The van der Waals surface area contributed by atoms with E-state index in [0.29, 0.717) is 36.7 Å². The van der Waals surface area contributed by atoms with Gasteiger partial charge in [0.25, 0.3) is 0 Å². The van der Waals surface area contributed by atoms with E-state index in [1.54, 1.807) is 7.11 Å². The molecule has 7 nitrogen and oxygen atoms in total. The number of rotatable bonds is 28. The molecule has 1 heterocycles. The van der Waals surface area contributed by atoms with Crippen LogP contribution in [0, 0.1) is 0 Å². The summed E-state index contributed by atoms with van der Waals surface area (Å²) in [5.41, 5.74) is 3.59. The lowest BCUT2D eigenvalue weighted by Gasteiger charge is -2.29. The number of Topliss-reactive ketones (excluding diaryl/α,β-unsaturated/α-hetero) is 1. The highest BCUT2D eigenvalue weighted by Crippen LogP contribution is 2.46. The minimum atomic E-state index is -0.395. The third-order valence-corrected chi connectivity index (χ3v) is 9.98. The highest BCUT2D eigenvalue weighted by molar-refractivity contribution is 6.03. The summed E-state index contributed by atoms with van der Waals surface area (Å²) in [5, 5.41) is 0. The molecule has 292 valence electrons. The maximum atomic E-state index is 13.7. The van der Waals surface area contributed by atoms with Gasteiger partial charge < -0.3 is 28.7 Å². The molecule has 1 atom stereocenters. The quantitative estimate of drug-likeness (QED) is 0.0640. The Hall–Kier alpha value is -3.03. The van der Waals surface area contributed by atoms with Gasteiger partial charge >= 0.3 is 0 Å². The Bertz CT molecular complexity index is 1300. The number of methoxy groups -OCH3 is 1. The maximum Gasteiger partial charge on any atom is 0.174 e. The number of carbonyl (C=O) groups excluding carboxylic acids is 1. The summed E-state index contributed by atoms with van der Waals surface area (Å²) < 4.78 is 25.1. The van der Waals surface area contributed by atoms with E-state index in [1.807, 2.05) is 30.3 Å². The molecule has 0 saturated heterocycles.